The van der Waals surface area contributed by atoms with E-state index < -0.39 is 0 Å². The Bertz CT molecular complexity index is 1340. The first-order chi connectivity index (χ1) is 16.7. The third-order valence-electron chi connectivity index (χ3n) is 6.55. The minimum absolute atomic E-state index is 0.0973. The lowest BCUT2D eigenvalue weighted by Crippen LogP contribution is -2.34. The van der Waals surface area contributed by atoms with Gasteiger partial charge in [0.15, 0.2) is 0 Å². The number of carbonyl (C=O) groups is 2. The lowest BCUT2D eigenvalue weighted by Gasteiger charge is -2.21. The van der Waals surface area contributed by atoms with E-state index in [1.54, 1.807) is 23.4 Å². The van der Waals surface area contributed by atoms with E-state index in [4.69, 9.17) is 9.37 Å². The van der Waals surface area contributed by atoms with Gasteiger partial charge in [0, 0.05) is 50.4 Å². The van der Waals surface area contributed by atoms with Crippen LogP contribution in [0.25, 0.3) is 0 Å². The number of ether oxygens (including phenoxy) is 1. The van der Waals surface area contributed by atoms with Gasteiger partial charge in [-0.05, 0) is 44.0 Å². The third-order valence-corrected chi connectivity index (χ3v) is 6.55. The number of hydrogen-bond acceptors (Lipinski definition) is 7. The van der Waals surface area contributed by atoms with Crippen LogP contribution in [-0.2, 0) is 19.5 Å². The van der Waals surface area contributed by atoms with Crippen molar-refractivity contribution in [3.05, 3.63) is 74.0 Å². The molecule has 0 spiro atoms. The van der Waals surface area contributed by atoms with E-state index >= 15 is 0 Å². The highest BCUT2D eigenvalue weighted by Gasteiger charge is 2.29. The van der Waals surface area contributed by atoms with Crippen molar-refractivity contribution in [3.8, 4) is 5.75 Å². The summed E-state index contributed by atoms with van der Waals surface area (Å²) in [7, 11) is 3.07. The molecule has 0 aliphatic carbocycles. The van der Waals surface area contributed by atoms with Crippen LogP contribution in [0.4, 0.5) is 0 Å². The van der Waals surface area contributed by atoms with E-state index in [0.29, 0.717) is 47.7 Å². The highest BCUT2D eigenvalue weighted by atomic mass is 16.6. The molecule has 1 aliphatic rings. The molecule has 0 bridgehead atoms. The minimum atomic E-state index is -0.318. The fourth-order valence-electron chi connectivity index (χ4n) is 4.28. The normalized spacial score (nSPS) is 13.2. The van der Waals surface area contributed by atoms with Gasteiger partial charge in [0.2, 0.25) is 0 Å². The molecule has 2 amide bonds. The quantitative estimate of drug-likeness (QED) is 0.551. The van der Waals surface area contributed by atoms with Gasteiger partial charge in [0.05, 0.1) is 13.7 Å². The number of hydrogen-bond donors (Lipinski definition) is 0. The molecule has 0 fully saturated rings. The molecular weight excluding hydrogens is 450 g/mol. The van der Waals surface area contributed by atoms with Gasteiger partial charge in [-0.2, -0.15) is 0 Å². The first-order valence-electron chi connectivity index (χ1n) is 11.4. The predicted molar refractivity (Wildman–Crippen MR) is 128 cm³/mol. The number of pyridine rings is 1. The molecule has 0 N–H and O–H groups in total. The topological polar surface area (TPSA) is 111 Å². The van der Waals surface area contributed by atoms with Crippen LogP contribution in [-0.4, -0.2) is 63.7 Å². The summed E-state index contributed by atoms with van der Waals surface area (Å²) in [5.74, 6) is -0.205. The zero-order valence-electron chi connectivity index (χ0n) is 20.6. The summed E-state index contributed by atoms with van der Waals surface area (Å²) in [4.78, 5) is 42.9. The summed E-state index contributed by atoms with van der Waals surface area (Å²) >= 11 is 0. The number of benzene rings is 1. The van der Waals surface area contributed by atoms with Crippen molar-refractivity contribution in [1.82, 2.24) is 24.7 Å². The molecule has 184 valence electrons. The van der Waals surface area contributed by atoms with E-state index in [1.807, 2.05) is 32.0 Å². The standard InChI is InChI=1S/C25H29N5O5/c1-15-6-7-18(12-16(15)2)24(32)29-9-8-20-23(21(34-5)13-22(31)30(20)11-10-29)25(33)28(4)14-19-17(3)26-35-27-19/h6-7,12-13H,8-11,14H2,1-5H3. The predicted octanol–water partition coefficient (Wildman–Crippen LogP) is 2.14. The number of fused-ring (bicyclic) bond motifs is 1. The van der Waals surface area contributed by atoms with E-state index in [1.165, 1.54) is 18.1 Å². The van der Waals surface area contributed by atoms with Crippen LogP contribution < -0.4 is 10.3 Å². The summed E-state index contributed by atoms with van der Waals surface area (Å²) in [6, 6.07) is 6.97. The van der Waals surface area contributed by atoms with Crippen molar-refractivity contribution >= 4 is 11.8 Å². The largest absolute Gasteiger partial charge is 0.496 e. The first kappa shape index (κ1) is 24.2. The second kappa shape index (κ2) is 9.73. The van der Waals surface area contributed by atoms with Gasteiger partial charge in [-0.25, -0.2) is 4.63 Å². The summed E-state index contributed by atoms with van der Waals surface area (Å²) < 4.78 is 11.8. The maximum atomic E-state index is 13.5. The van der Waals surface area contributed by atoms with Crippen LogP contribution in [0, 0.1) is 20.8 Å². The maximum Gasteiger partial charge on any atom is 0.259 e. The Hall–Kier alpha value is -3.95. The van der Waals surface area contributed by atoms with Crippen LogP contribution >= 0.6 is 0 Å². The van der Waals surface area contributed by atoms with Gasteiger partial charge < -0.3 is 19.1 Å². The molecule has 0 saturated carbocycles. The number of aromatic nitrogens is 3. The number of methoxy groups -OCH3 is 1. The Morgan fingerprint density at radius 3 is 2.51 bits per heavy atom. The molecule has 0 saturated heterocycles. The zero-order valence-corrected chi connectivity index (χ0v) is 20.6. The maximum absolute atomic E-state index is 13.5. The molecular formula is C25H29N5O5. The van der Waals surface area contributed by atoms with Crippen molar-refractivity contribution in [2.75, 3.05) is 27.2 Å². The molecule has 2 aromatic heterocycles. The number of amides is 2. The lowest BCUT2D eigenvalue weighted by molar-refractivity contribution is 0.0758. The van der Waals surface area contributed by atoms with Gasteiger partial charge >= 0.3 is 0 Å². The second-order valence-electron chi connectivity index (χ2n) is 8.82. The number of nitrogens with zero attached hydrogens (tertiary/aromatic N) is 5. The Balaban J connectivity index is 1.65. The highest BCUT2D eigenvalue weighted by molar-refractivity contribution is 5.98. The summed E-state index contributed by atoms with van der Waals surface area (Å²) in [6.07, 6.45) is 0.336. The first-order valence-corrected chi connectivity index (χ1v) is 11.4. The van der Waals surface area contributed by atoms with E-state index in [-0.39, 0.29) is 36.2 Å². The lowest BCUT2D eigenvalue weighted by atomic mass is 10.1. The van der Waals surface area contributed by atoms with Gasteiger partial charge in [-0.3, -0.25) is 14.4 Å². The Morgan fingerprint density at radius 1 is 1.09 bits per heavy atom. The van der Waals surface area contributed by atoms with Crippen LogP contribution in [0.15, 0.2) is 33.7 Å². The number of rotatable bonds is 5. The van der Waals surface area contributed by atoms with Crippen molar-refractivity contribution in [2.45, 2.75) is 40.3 Å². The molecule has 3 heterocycles. The summed E-state index contributed by atoms with van der Waals surface area (Å²) in [5.41, 5.74) is 4.51. The fourth-order valence-corrected chi connectivity index (χ4v) is 4.28. The molecule has 0 atom stereocenters. The van der Waals surface area contributed by atoms with E-state index in [2.05, 4.69) is 10.3 Å². The Morgan fingerprint density at radius 2 is 1.86 bits per heavy atom. The van der Waals surface area contributed by atoms with Gasteiger partial charge in [-0.15, -0.1) is 0 Å². The molecule has 10 nitrogen and oxygen atoms in total. The van der Waals surface area contributed by atoms with Gasteiger partial charge in [-0.1, -0.05) is 16.4 Å². The SMILES string of the molecule is COc1cc(=O)n2c(c1C(=O)N(C)Cc1nonc1C)CCN(C(=O)c1ccc(C)c(C)c1)CC2. The van der Waals surface area contributed by atoms with Crippen LogP contribution in [0.1, 0.15) is 48.9 Å². The second-order valence-corrected chi connectivity index (χ2v) is 8.82. The summed E-state index contributed by atoms with van der Waals surface area (Å²) in [6.45, 7) is 6.93. The molecule has 10 heteroatoms. The molecule has 0 radical (unpaired) electrons. The molecule has 4 rings (SSSR count). The molecule has 1 aliphatic heterocycles. The third kappa shape index (κ3) is 4.68. The van der Waals surface area contributed by atoms with Crippen molar-refractivity contribution in [2.24, 2.45) is 0 Å². The summed E-state index contributed by atoms with van der Waals surface area (Å²) in [5, 5.41) is 7.61. The van der Waals surface area contributed by atoms with Crippen molar-refractivity contribution in [1.29, 1.82) is 0 Å². The van der Waals surface area contributed by atoms with Gasteiger partial charge in [0.1, 0.15) is 22.7 Å². The van der Waals surface area contributed by atoms with Crippen LogP contribution in [0.2, 0.25) is 0 Å². The van der Waals surface area contributed by atoms with Crippen LogP contribution in [0.3, 0.4) is 0 Å². The molecule has 3 aromatic rings. The minimum Gasteiger partial charge on any atom is -0.496 e. The fraction of sp³-hybridized carbons (Fsp3) is 0.400. The van der Waals surface area contributed by atoms with E-state index in [0.717, 1.165) is 11.1 Å². The average molecular weight is 480 g/mol. The Kier molecular flexibility index (Phi) is 6.72. The number of aryl methyl sites for hydroxylation is 3. The molecule has 35 heavy (non-hydrogen) atoms. The van der Waals surface area contributed by atoms with E-state index in [9.17, 15) is 14.4 Å². The smallest absolute Gasteiger partial charge is 0.259 e. The van der Waals surface area contributed by atoms with Crippen molar-refractivity contribution in [3.63, 3.8) is 0 Å². The zero-order chi connectivity index (χ0) is 25.3. The van der Waals surface area contributed by atoms with Gasteiger partial charge in [0.25, 0.3) is 17.4 Å². The van der Waals surface area contributed by atoms with Crippen LogP contribution in [0.5, 0.6) is 5.75 Å². The molecule has 0 unspecified atom stereocenters. The molecule has 1 aromatic carbocycles. The Labute approximate surface area is 203 Å². The average Bonchev–Trinajstić information content (AvgIpc) is 3.11. The van der Waals surface area contributed by atoms with Crippen molar-refractivity contribution < 1.29 is 19.0 Å². The monoisotopic (exact) mass is 479 g/mol. The highest BCUT2D eigenvalue weighted by Crippen LogP contribution is 2.25. The number of carbonyl (C=O) groups excluding carboxylic acids is 2.